The summed E-state index contributed by atoms with van der Waals surface area (Å²) in [4.78, 5) is 15.8. The van der Waals surface area contributed by atoms with Crippen LogP contribution < -0.4 is 5.32 Å². The molecule has 3 N–H and O–H groups in total. The van der Waals surface area contributed by atoms with Gasteiger partial charge in [-0.1, -0.05) is 48.5 Å². The molecule has 0 saturated heterocycles. The molecular formula is C20H20N2O4. The van der Waals surface area contributed by atoms with Gasteiger partial charge in [-0.05, 0) is 22.6 Å². The van der Waals surface area contributed by atoms with Gasteiger partial charge in [0.25, 0.3) is 0 Å². The molecule has 26 heavy (non-hydrogen) atoms. The lowest BCUT2D eigenvalue weighted by molar-refractivity contribution is 0.0192. The van der Waals surface area contributed by atoms with Crippen LogP contribution >= 0.6 is 0 Å². The van der Waals surface area contributed by atoms with Gasteiger partial charge in [0, 0.05) is 24.3 Å². The first-order valence-corrected chi connectivity index (χ1v) is 8.28. The number of carbonyl (C=O) groups excluding carboxylic acids is 1. The van der Waals surface area contributed by atoms with E-state index in [1.54, 1.807) is 24.5 Å². The SMILES string of the molecule is O=C(NCC(O)C(O)c1cccc2ccncc12)OCc1ccccc1. The molecule has 2 unspecified atom stereocenters. The number of benzene rings is 2. The quantitative estimate of drug-likeness (QED) is 0.634. The zero-order chi connectivity index (χ0) is 18.4. The molecule has 1 amide bonds. The van der Waals surface area contributed by atoms with Gasteiger partial charge in [0.1, 0.15) is 18.8 Å². The van der Waals surface area contributed by atoms with Crippen molar-refractivity contribution in [3.63, 3.8) is 0 Å². The van der Waals surface area contributed by atoms with Crippen molar-refractivity contribution in [1.29, 1.82) is 0 Å². The van der Waals surface area contributed by atoms with Crippen molar-refractivity contribution in [3.8, 4) is 0 Å². The van der Waals surface area contributed by atoms with E-state index in [4.69, 9.17) is 4.74 Å². The van der Waals surface area contributed by atoms with E-state index in [-0.39, 0.29) is 13.2 Å². The number of nitrogens with zero attached hydrogens (tertiary/aromatic N) is 1. The highest BCUT2D eigenvalue weighted by Gasteiger charge is 2.21. The van der Waals surface area contributed by atoms with E-state index in [0.717, 1.165) is 16.3 Å². The van der Waals surface area contributed by atoms with Crippen LogP contribution in [0, 0.1) is 0 Å². The number of hydrogen-bond donors (Lipinski definition) is 3. The Morgan fingerprint density at radius 3 is 2.69 bits per heavy atom. The maximum atomic E-state index is 11.8. The molecule has 3 aromatic rings. The molecule has 2 atom stereocenters. The van der Waals surface area contributed by atoms with Crippen molar-refractivity contribution in [1.82, 2.24) is 10.3 Å². The van der Waals surface area contributed by atoms with Gasteiger partial charge < -0.3 is 20.3 Å². The third-order valence-corrected chi connectivity index (χ3v) is 4.07. The van der Waals surface area contributed by atoms with Crippen molar-refractivity contribution in [3.05, 3.63) is 78.1 Å². The molecule has 1 aromatic heterocycles. The van der Waals surface area contributed by atoms with Crippen LogP contribution in [0.15, 0.2) is 67.0 Å². The molecule has 0 bridgehead atoms. The fourth-order valence-electron chi connectivity index (χ4n) is 2.68. The van der Waals surface area contributed by atoms with Gasteiger partial charge in [0.2, 0.25) is 0 Å². The number of aliphatic hydroxyl groups is 2. The highest BCUT2D eigenvalue weighted by molar-refractivity contribution is 5.85. The smallest absolute Gasteiger partial charge is 0.407 e. The maximum absolute atomic E-state index is 11.8. The van der Waals surface area contributed by atoms with E-state index < -0.39 is 18.3 Å². The topological polar surface area (TPSA) is 91.7 Å². The Morgan fingerprint density at radius 2 is 1.88 bits per heavy atom. The van der Waals surface area contributed by atoms with Crippen molar-refractivity contribution < 1.29 is 19.7 Å². The van der Waals surface area contributed by atoms with Crippen molar-refractivity contribution in [2.45, 2.75) is 18.8 Å². The lowest BCUT2D eigenvalue weighted by Crippen LogP contribution is -2.35. The lowest BCUT2D eigenvalue weighted by Gasteiger charge is -2.20. The minimum Gasteiger partial charge on any atom is -0.445 e. The molecule has 134 valence electrons. The summed E-state index contributed by atoms with van der Waals surface area (Å²) in [6.45, 7) is 0.00571. The Bertz CT molecular complexity index is 865. The average molecular weight is 352 g/mol. The maximum Gasteiger partial charge on any atom is 0.407 e. The highest BCUT2D eigenvalue weighted by Crippen LogP contribution is 2.25. The summed E-state index contributed by atoms with van der Waals surface area (Å²) in [6.07, 6.45) is 0.323. The molecule has 0 aliphatic heterocycles. The second-order valence-electron chi connectivity index (χ2n) is 5.90. The van der Waals surface area contributed by atoms with Crippen LogP contribution in [0.5, 0.6) is 0 Å². The lowest BCUT2D eigenvalue weighted by atomic mass is 9.99. The summed E-state index contributed by atoms with van der Waals surface area (Å²) in [5.74, 6) is 0. The number of pyridine rings is 1. The second-order valence-corrected chi connectivity index (χ2v) is 5.90. The van der Waals surface area contributed by atoms with Crippen LogP contribution in [0.1, 0.15) is 17.2 Å². The molecule has 2 aromatic carbocycles. The van der Waals surface area contributed by atoms with Crippen LogP contribution in [-0.2, 0) is 11.3 Å². The molecule has 0 radical (unpaired) electrons. The number of ether oxygens (including phenoxy) is 1. The Kier molecular flexibility index (Phi) is 5.78. The van der Waals surface area contributed by atoms with Crippen LogP contribution in [0.3, 0.4) is 0 Å². The number of aliphatic hydroxyl groups excluding tert-OH is 2. The Labute approximate surface area is 151 Å². The molecule has 0 aliphatic rings. The van der Waals surface area contributed by atoms with E-state index in [0.29, 0.717) is 5.56 Å². The number of carbonyl (C=O) groups is 1. The molecule has 6 nitrogen and oxygen atoms in total. The number of alkyl carbamates (subject to hydrolysis) is 1. The summed E-state index contributed by atoms with van der Waals surface area (Å²) in [5, 5.41) is 24.8. The number of rotatable bonds is 6. The Morgan fingerprint density at radius 1 is 1.08 bits per heavy atom. The fraction of sp³-hybridized carbons (Fsp3) is 0.200. The summed E-state index contributed by atoms with van der Waals surface area (Å²) in [6, 6.07) is 16.5. The third-order valence-electron chi connectivity index (χ3n) is 4.07. The number of nitrogens with one attached hydrogen (secondary N) is 1. The molecule has 6 heteroatoms. The van der Waals surface area contributed by atoms with Gasteiger partial charge >= 0.3 is 6.09 Å². The van der Waals surface area contributed by atoms with Crippen LogP contribution in [0.25, 0.3) is 10.8 Å². The normalized spacial score (nSPS) is 13.2. The van der Waals surface area contributed by atoms with Gasteiger partial charge in [-0.15, -0.1) is 0 Å². The predicted octanol–water partition coefficient (Wildman–Crippen LogP) is 2.56. The summed E-state index contributed by atoms with van der Waals surface area (Å²) < 4.78 is 5.08. The molecule has 0 aliphatic carbocycles. The van der Waals surface area contributed by atoms with Gasteiger partial charge in [-0.25, -0.2) is 4.79 Å². The first-order chi connectivity index (χ1) is 12.6. The molecule has 3 rings (SSSR count). The molecular weight excluding hydrogens is 332 g/mol. The first-order valence-electron chi connectivity index (χ1n) is 8.28. The number of aromatic nitrogens is 1. The van der Waals surface area contributed by atoms with Crippen molar-refractivity contribution in [2.75, 3.05) is 6.54 Å². The molecule has 1 heterocycles. The van der Waals surface area contributed by atoms with E-state index in [9.17, 15) is 15.0 Å². The van der Waals surface area contributed by atoms with Crippen LogP contribution in [0.2, 0.25) is 0 Å². The van der Waals surface area contributed by atoms with Crippen LogP contribution in [-0.4, -0.2) is 33.9 Å². The van der Waals surface area contributed by atoms with E-state index in [1.165, 1.54) is 0 Å². The van der Waals surface area contributed by atoms with Gasteiger partial charge in [0.15, 0.2) is 0 Å². The molecule has 0 saturated carbocycles. The Hall–Kier alpha value is -2.96. The highest BCUT2D eigenvalue weighted by atomic mass is 16.5. The van der Waals surface area contributed by atoms with E-state index >= 15 is 0 Å². The monoisotopic (exact) mass is 352 g/mol. The summed E-state index contributed by atoms with van der Waals surface area (Å²) in [5.41, 5.74) is 1.43. The number of amides is 1. The van der Waals surface area contributed by atoms with E-state index in [1.807, 2.05) is 42.5 Å². The average Bonchev–Trinajstić information content (AvgIpc) is 2.70. The zero-order valence-electron chi connectivity index (χ0n) is 14.1. The van der Waals surface area contributed by atoms with Crippen LogP contribution in [0.4, 0.5) is 4.79 Å². The first kappa shape index (κ1) is 17.8. The minimum absolute atomic E-state index is 0.133. The van der Waals surface area contributed by atoms with E-state index in [2.05, 4.69) is 10.3 Å². The summed E-state index contributed by atoms with van der Waals surface area (Å²) in [7, 11) is 0. The van der Waals surface area contributed by atoms with Crippen molar-refractivity contribution in [2.24, 2.45) is 0 Å². The third kappa shape index (κ3) is 4.36. The van der Waals surface area contributed by atoms with Gasteiger partial charge in [-0.2, -0.15) is 0 Å². The second kappa shape index (κ2) is 8.42. The van der Waals surface area contributed by atoms with Crippen molar-refractivity contribution >= 4 is 16.9 Å². The molecule has 0 spiro atoms. The minimum atomic E-state index is -1.18. The zero-order valence-corrected chi connectivity index (χ0v) is 14.1. The molecule has 0 fully saturated rings. The largest absolute Gasteiger partial charge is 0.445 e. The summed E-state index contributed by atoms with van der Waals surface area (Å²) >= 11 is 0. The van der Waals surface area contributed by atoms with Gasteiger partial charge in [0.05, 0.1) is 0 Å². The number of fused-ring (bicyclic) bond motifs is 1. The standard InChI is InChI=1S/C20H20N2O4/c23-18(12-22-20(25)26-13-14-5-2-1-3-6-14)19(24)16-8-4-7-15-9-10-21-11-17(15)16/h1-11,18-19,23-24H,12-13H2,(H,22,25). The van der Waals surface area contributed by atoms with Gasteiger partial charge in [-0.3, -0.25) is 4.98 Å². The number of hydrogen-bond acceptors (Lipinski definition) is 5. The Balaban J connectivity index is 1.55. The predicted molar refractivity (Wildman–Crippen MR) is 97.3 cm³/mol. The fourth-order valence-corrected chi connectivity index (χ4v) is 2.68.